The number of fused-ring (bicyclic) bond motifs is 1. The second-order valence-corrected chi connectivity index (χ2v) is 5.86. The Balaban J connectivity index is 1.67. The number of nitrogens with one attached hydrogen (secondary N) is 1. The molecule has 0 unspecified atom stereocenters. The summed E-state index contributed by atoms with van der Waals surface area (Å²) in [6.07, 6.45) is 2.24. The predicted octanol–water partition coefficient (Wildman–Crippen LogP) is 0.820. The Kier molecular flexibility index (Phi) is 4.04. The van der Waals surface area contributed by atoms with E-state index in [0.717, 1.165) is 12.8 Å². The first-order chi connectivity index (χ1) is 11.0. The molecule has 0 radical (unpaired) electrons. The minimum Gasteiger partial charge on any atom is -0.453 e. The van der Waals surface area contributed by atoms with Gasteiger partial charge in [-0.3, -0.25) is 14.5 Å². The van der Waals surface area contributed by atoms with Gasteiger partial charge < -0.3 is 15.2 Å². The molecule has 1 aromatic rings. The SMILES string of the molecule is O=C1CN(C(=O)COC(=O)C2(O)CCCC2)c2ccccc2N1. The lowest BCUT2D eigenvalue weighted by Gasteiger charge is -2.29. The number of benzene rings is 1. The number of hydrogen-bond acceptors (Lipinski definition) is 5. The van der Waals surface area contributed by atoms with Crippen molar-refractivity contribution in [1.82, 2.24) is 0 Å². The second kappa shape index (κ2) is 6.00. The standard InChI is InChI=1S/C16H18N2O5/c19-13-9-18(12-6-2-1-5-11(12)17-13)14(20)10-23-15(21)16(22)7-3-4-8-16/h1-2,5-6,22H,3-4,7-10H2,(H,17,19). The molecule has 1 aromatic carbocycles. The number of aliphatic hydroxyl groups is 1. The predicted molar refractivity (Wildman–Crippen MR) is 81.8 cm³/mol. The first kappa shape index (κ1) is 15.5. The third-order valence-electron chi connectivity index (χ3n) is 4.21. The van der Waals surface area contributed by atoms with Gasteiger partial charge in [-0.05, 0) is 37.8 Å². The molecule has 1 saturated carbocycles. The van der Waals surface area contributed by atoms with Gasteiger partial charge in [0, 0.05) is 0 Å². The molecule has 1 aliphatic carbocycles. The summed E-state index contributed by atoms with van der Waals surface area (Å²) >= 11 is 0. The van der Waals surface area contributed by atoms with Gasteiger partial charge in [0.15, 0.2) is 12.2 Å². The highest BCUT2D eigenvalue weighted by Gasteiger charge is 2.41. The van der Waals surface area contributed by atoms with Gasteiger partial charge in [0.25, 0.3) is 5.91 Å². The minimum atomic E-state index is -1.47. The van der Waals surface area contributed by atoms with Crippen LogP contribution in [0.3, 0.4) is 0 Å². The first-order valence-electron chi connectivity index (χ1n) is 7.58. The van der Waals surface area contributed by atoms with Gasteiger partial charge in [-0.15, -0.1) is 0 Å². The van der Waals surface area contributed by atoms with Crippen molar-refractivity contribution in [1.29, 1.82) is 0 Å². The fraction of sp³-hybridized carbons (Fsp3) is 0.438. The van der Waals surface area contributed by atoms with Crippen LogP contribution in [0.1, 0.15) is 25.7 Å². The number of carbonyl (C=O) groups is 3. The van der Waals surface area contributed by atoms with Crippen LogP contribution < -0.4 is 10.2 Å². The molecule has 1 heterocycles. The molecule has 0 aromatic heterocycles. The fourth-order valence-electron chi connectivity index (χ4n) is 2.96. The second-order valence-electron chi connectivity index (χ2n) is 5.86. The quantitative estimate of drug-likeness (QED) is 0.805. The molecule has 0 saturated heterocycles. The van der Waals surface area contributed by atoms with E-state index in [2.05, 4.69) is 5.32 Å². The number of carbonyl (C=O) groups excluding carboxylic acids is 3. The highest BCUT2D eigenvalue weighted by atomic mass is 16.6. The zero-order chi connectivity index (χ0) is 16.4. The van der Waals surface area contributed by atoms with Crippen LogP contribution in [0.5, 0.6) is 0 Å². The normalized spacial score (nSPS) is 19.0. The van der Waals surface area contributed by atoms with E-state index in [1.165, 1.54) is 4.90 Å². The molecule has 1 aliphatic heterocycles. The minimum absolute atomic E-state index is 0.127. The van der Waals surface area contributed by atoms with Gasteiger partial charge >= 0.3 is 5.97 Å². The van der Waals surface area contributed by atoms with Gasteiger partial charge in [0.1, 0.15) is 6.54 Å². The molecule has 0 atom stereocenters. The summed E-state index contributed by atoms with van der Waals surface area (Å²) in [5.74, 6) is -1.57. The number of nitrogens with zero attached hydrogens (tertiary/aromatic N) is 1. The molecular weight excluding hydrogens is 300 g/mol. The zero-order valence-corrected chi connectivity index (χ0v) is 12.6. The van der Waals surface area contributed by atoms with Crippen LogP contribution in [0, 0.1) is 0 Å². The largest absolute Gasteiger partial charge is 0.453 e. The summed E-state index contributed by atoms with van der Waals surface area (Å²) < 4.78 is 4.98. The third-order valence-corrected chi connectivity index (χ3v) is 4.21. The molecule has 7 heteroatoms. The van der Waals surface area contributed by atoms with E-state index in [0.29, 0.717) is 24.2 Å². The summed E-state index contributed by atoms with van der Waals surface area (Å²) in [6.45, 7) is -0.625. The maximum Gasteiger partial charge on any atom is 0.338 e. The summed E-state index contributed by atoms with van der Waals surface area (Å²) in [5, 5.41) is 12.8. The Morgan fingerprint density at radius 1 is 1.26 bits per heavy atom. The Bertz CT molecular complexity index is 652. The molecular formula is C16H18N2O5. The highest BCUT2D eigenvalue weighted by Crippen LogP contribution is 2.31. The van der Waals surface area contributed by atoms with Gasteiger partial charge in [0.05, 0.1) is 11.4 Å². The molecule has 0 spiro atoms. The van der Waals surface area contributed by atoms with Crippen LogP contribution in [0.2, 0.25) is 0 Å². The van der Waals surface area contributed by atoms with Crippen LogP contribution >= 0.6 is 0 Å². The van der Waals surface area contributed by atoms with E-state index in [1.54, 1.807) is 24.3 Å². The van der Waals surface area contributed by atoms with E-state index < -0.39 is 24.1 Å². The van der Waals surface area contributed by atoms with E-state index >= 15 is 0 Å². The Morgan fingerprint density at radius 3 is 2.70 bits per heavy atom. The Hall–Kier alpha value is -2.41. The maximum absolute atomic E-state index is 12.3. The summed E-state index contributed by atoms with van der Waals surface area (Å²) in [4.78, 5) is 37.2. The van der Waals surface area contributed by atoms with Crippen LogP contribution in [0.4, 0.5) is 11.4 Å². The first-order valence-corrected chi connectivity index (χ1v) is 7.58. The van der Waals surface area contributed by atoms with E-state index in [1.807, 2.05) is 0 Å². The zero-order valence-electron chi connectivity index (χ0n) is 12.6. The molecule has 2 N–H and O–H groups in total. The summed E-state index contributed by atoms with van der Waals surface area (Å²) in [7, 11) is 0. The molecule has 7 nitrogen and oxygen atoms in total. The number of hydrogen-bond donors (Lipinski definition) is 2. The lowest BCUT2D eigenvalue weighted by molar-refractivity contribution is -0.166. The van der Waals surface area contributed by atoms with Crippen molar-refractivity contribution in [3.05, 3.63) is 24.3 Å². The topological polar surface area (TPSA) is 95.9 Å². The van der Waals surface area contributed by atoms with E-state index in [9.17, 15) is 19.5 Å². The fourth-order valence-corrected chi connectivity index (χ4v) is 2.96. The van der Waals surface area contributed by atoms with Crippen molar-refractivity contribution in [2.45, 2.75) is 31.3 Å². The van der Waals surface area contributed by atoms with Crippen LogP contribution in [-0.4, -0.2) is 41.6 Å². The van der Waals surface area contributed by atoms with E-state index in [-0.39, 0.29) is 12.5 Å². The number of amides is 2. The van der Waals surface area contributed by atoms with Crippen LogP contribution in [0.15, 0.2) is 24.3 Å². The van der Waals surface area contributed by atoms with Crippen LogP contribution in [0.25, 0.3) is 0 Å². The lowest BCUT2D eigenvalue weighted by Crippen LogP contribution is -2.45. The maximum atomic E-state index is 12.3. The van der Waals surface area contributed by atoms with Crippen molar-refractivity contribution in [3.63, 3.8) is 0 Å². The lowest BCUT2D eigenvalue weighted by atomic mass is 10.0. The molecule has 2 aliphatic rings. The van der Waals surface area contributed by atoms with Gasteiger partial charge in [-0.1, -0.05) is 12.1 Å². The molecule has 0 bridgehead atoms. The molecule has 2 amide bonds. The summed E-state index contributed by atoms with van der Waals surface area (Å²) in [6, 6.07) is 6.91. The number of ether oxygens (including phenoxy) is 1. The van der Waals surface area contributed by atoms with Gasteiger partial charge in [0.2, 0.25) is 5.91 Å². The number of rotatable bonds is 3. The molecule has 23 heavy (non-hydrogen) atoms. The van der Waals surface area contributed by atoms with Crippen molar-refractivity contribution in [3.8, 4) is 0 Å². The van der Waals surface area contributed by atoms with Gasteiger partial charge in [-0.25, -0.2) is 4.79 Å². The molecule has 122 valence electrons. The Morgan fingerprint density at radius 2 is 1.96 bits per heavy atom. The monoisotopic (exact) mass is 318 g/mol. The number of para-hydroxylation sites is 2. The van der Waals surface area contributed by atoms with Gasteiger partial charge in [-0.2, -0.15) is 0 Å². The smallest absolute Gasteiger partial charge is 0.338 e. The third kappa shape index (κ3) is 3.05. The highest BCUT2D eigenvalue weighted by molar-refractivity contribution is 6.10. The molecule has 3 rings (SSSR count). The van der Waals surface area contributed by atoms with Crippen molar-refractivity contribution in [2.75, 3.05) is 23.4 Å². The summed E-state index contributed by atoms with van der Waals surface area (Å²) in [5.41, 5.74) is -0.372. The van der Waals surface area contributed by atoms with E-state index in [4.69, 9.17) is 4.74 Å². The van der Waals surface area contributed by atoms with Crippen molar-refractivity contribution >= 4 is 29.2 Å². The molecule has 1 fully saturated rings. The Labute approximate surface area is 133 Å². The van der Waals surface area contributed by atoms with Crippen molar-refractivity contribution < 1.29 is 24.2 Å². The number of esters is 1. The number of anilines is 2. The average molecular weight is 318 g/mol. The van der Waals surface area contributed by atoms with Crippen LogP contribution in [-0.2, 0) is 19.1 Å². The average Bonchev–Trinajstić information content (AvgIpc) is 2.99. The van der Waals surface area contributed by atoms with Crippen molar-refractivity contribution in [2.24, 2.45) is 0 Å².